The van der Waals surface area contributed by atoms with E-state index in [1.54, 1.807) is 0 Å². The molecule has 2 aliphatic heterocycles. The van der Waals surface area contributed by atoms with Crippen LogP contribution in [-0.2, 0) is 6.54 Å². The van der Waals surface area contributed by atoms with Crippen LogP contribution in [-0.4, -0.2) is 37.2 Å². The third kappa shape index (κ3) is 3.75. The Kier molecular flexibility index (Phi) is 5.60. The van der Waals surface area contributed by atoms with Crippen LogP contribution in [0.3, 0.4) is 0 Å². The van der Waals surface area contributed by atoms with E-state index in [0.29, 0.717) is 35.9 Å². The second kappa shape index (κ2) is 7.05. The van der Waals surface area contributed by atoms with E-state index in [9.17, 15) is 0 Å². The maximum absolute atomic E-state index is 6.27. The van der Waals surface area contributed by atoms with Crippen molar-refractivity contribution in [2.75, 3.05) is 26.3 Å². The Hall–Kier alpha value is -0.680. The zero-order valence-corrected chi connectivity index (χ0v) is 13.8. The Bertz CT molecular complexity index is 499. The van der Waals surface area contributed by atoms with Crippen LogP contribution in [0.1, 0.15) is 18.9 Å². The zero-order valence-electron chi connectivity index (χ0n) is 12.2. The van der Waals surface area contributed by atoms with Crippen LogP contribution in [0.2, 0.25) is 5.02 Å². The van der Waals surface area contributed by atoms with Crippen LogP contribution in [0.15, 0.2) is 12.1 Å². The highest BCUT2D eigenvalue weighted by atomic mass is 35.5. The molecule has 0 bridgehead atoms. The molecule has 0 aromatic heterocycles. The quantitative estimate of drug-likeness (QED) is 0.904. The second-order valence-electron chi connectivity index (χ2n) is 5.77. The number of benzene rings is 1. The maximum atomic E-state index is 6.27. The van der Waals surface area contributed by atoms with E-state index in [1.807, 2.05) is 12.1 Å². The SMILES string of the molecule is CC1CN(Cc2cc(Cl)c3c(c2)OCCO3)CCC1N.Cl. The molecule has 6 heteroatoms. The van der Waals surface area contributed by atoms with E-state index in [2.05, 4.69) is 11.8 Å². The molecule has 2 N–H and O–H groups in total. The first kappa shape index (κ1) is 16.7. The van der Waals surface area contributed by atoms with Crippen LogP contribution in [0.25, 0.3) is 0 Å². The van der Waals surface area contributed by atoms with Crippen LogP contribution >= 0.6 is 24.0 Å². The van der Waals surface area contributed by atoms with E-state index in [-0.39, 0.29) is 12.4 Å². The molecule has 0 radical (unpaired) electrons. The number of hydrogen-bond acceptors (Lipinski definition) is 4. The van der Waals surface area contributed by atoms with Gasteiger partial charge in [-0.05, 0) is 36.6 Å². The third-order valence-corrected chi connectivity index (χ3v) is 4.40. The van der Waals surface area contributed by atoms with Crippen molar-refractivity contribution in [3.63, 3.8) is 0 Å². The molecule has 0 saturated carbocycles. The maximum Gasteiger partial charge on any atom is 0.179 e. The number of nitrogens with zero attached hydrogens (tertiary/aromatic N) is 1. The first-order valence-corrected chi connectivity index (χ1v) is 7.57. The monoisotopic (exact) mass is 332 g/mol. The van der Waals surface area contributed by atoms with Gasteiger partial charge in [-0.2, -0.15) is 0 Å². The van der Waals surface area contributed by atoms with Crippen molar-refractivity contribution in [3.05, 3.63) is 22.7 Å². The Balaban J connectivity index is 0.00000161. The van der Waals surface area contributed by atoms with Crippen molar-refractivity contribution in [2.24, 2.45) is 11.7 Å². The van der Waals surface area contributed by atoms with E-state index in [1.165, 1.54) is 5.56 Å². The number of piperidine rings is 1. The van der Waals surface area contributed by atoms with E-state index >= 15 is 0 Å². The molecule has 1 saturated heterocycles. The smallest absolute Gasteiger partial charge is 0.179 e. The lowest BCUT2D eigenvalue weighted by molar-refractivity contribution is 0.156. The van der Waals surface area contributed by atoms with Gasteiger partial charge in [-0.3, -0.25) is 4.90 Å². The van der Waals surface area contributed by atoms with Crippen molar-refractivity contribution in [2.45, 2.75) is 25.9 Å². The lowest BCUT2D eigenvalue weighted by Gasteiger charge is -2.35. The minimum absolute atomic E-state index is 0. The van der Waals surface area contributed by atoms with Crippen molar-refractivity contribution >= 4 is 24.0 Å². The summed E-state index contributed by atoms with van der Waals surface area (Å²) in [5, 5.41) is 0.638. The number of ether oxygens (including phenoxy) is 2. The summed E-state index contributed by atoms with van der Waals surface area (Å²) in [5.41, 5.74) is 7.23. The van der Waals surface area contributed by atoms with E-state index < -0.39 is 0 Å². The number of rotatable bonds is 2. The molecule has 2 aliphatic rings. The fourth-order valence-electron chi connectivity index (χ4n) is 2.91. The standard InChI is InChI=1S/C15H21ClN2O2.ClH/c1-10-8-18(3-2-13(10)17)9-11-6-12(16)15-14(7-11)19-4-5-20-15;/h6-7,10,13H,2-5,8-9,17H2,1H3;1H. The summed E-state index contributed by atoms with van der Waals surface area (Å²) < 4.78 is 11.2. The average Bonchev–Trinajstić information content (AvgIpc) is 2.43. The summed E-state index contributed by atoms with van der Waals surface area (Å²) in [6, 6.07) is 4.35. The lowest BCUT2D eigenvalue weighted by Crippen LogP contribution is -2.45. The van der Waals surface area contributed by atoms with E-state index in [4.69, 9.17) is 26.8 Å². The number of hydrogen-bond donors (Lipinski definition) is 1. The molecule has 1 fully saturated rings. The van der Waals surface area contributed by atoms with Gasteiger partial charge in [0.05, 0.1) is 5.02 Å². The molecule has 21 heavy (non-hydrogen) atoms. The first-order chi connectivity index (χ1) is 9.63. The largest absolute Gasteiger partial charge is 0.486 e. The highest BCUT2D eigenvalue weighted by Crippen LogP contribution is 2.38. The molecular weight excluding hydrogens is 311 g/mol. The van der Waals surface area contributed by atoms with Gasteiger partial charge in [0, 0.05) is 19.1 Å². The van der Waals surface area contributed by atoms with Gasteiger partial charge >= 0.3 is 0 Å². The topological polar surface area (TPSA) is 47.7 Å². The van der Waals surface area contributed by atoms with Gasteiger partial charge in [0.1, 0.15) is 13.2 Å². The molecular formula is C15H22Cl2N2O2. The van der Waals surface area contributed by atoms with E-state index in [0.717, 1.165) is 31.8 Å². The lowest BCUT2D eigenvalue weighted by atomic mass is 9.94. The van der Waals surface area contributed by atoms with Crippen molar-refractivity contribution < 1.29 is 9.47 Å². The Labute approximate surface area is 136 Å². The molecule has 4 nitrogen and oxygen atoms in total. The summed E-state index contributed by atoms with van der Waals surface area (Å²) in [6.07, 6.45) is 1.06. The highest BCUT2D eigenvalue weighted by molar-refractivity contribution is 6.32. The zero-order chi connectivity index (χ0) is 14.1. The van der Waals surface area contributed by atoms with Gasteiger partial charge in [0.2, 0.25) is 0 Å². The minimum atomic E-state index is 0. The summed E-state index contributed by atoms with van der Waals surface area (Å²) in [7, 11) is 0. The predicted octanol–water partition coefficient (Wildman–Crippen LogP) is 2.70. The van der Waals surface area contributed by atoms with Gasteiger partial charge in [0.15, 0.2) is 11.5 Å². The highest BCUT2D eigenvalue weighted by Gasteiger charge is 2.24. The Morgan fingerprint density at radius 3 is 2.86 bits per heavy atom. The van der Waals surface area contributed by atoms with Crippen LogP contribution < -0.4 is 15.2 Å². The van der Waals surface area contributed by atoms with Gasteiger partial charge in [-0.1, -0.05) is 18.5 Å². The molecule has 3 rings (SSSR count). The van der Waals surface area contributed by atoms with Crippen molar-refractivity contribution in [1.82, 2.24) is 4.90 Å². The molecule has 0 aliphatic carbocycles. The normalized spacial score (nSPS) is 25.3. The fourth-order valence-corrected chi connectivity index (χ4v) is 3.20. The number of fused-ring (bicyclic) bond motifs is 1. The molecule has 2 atom stereocenters. The van der Waals surface area contributed by atoms with Gasteiger partial charge in [-0.15, -0.1) is 12.4 Å². The minimum Gasteiger partial charge on any atom is -0.486 e. The number of halogens is 2. The summed E-state index contributed by atoms with van der Waals surface area (Å²) in [4.78, 5) is 2.43. The molecule has 1 aromatic carbocycles. The summed E-state index contributed by atoms with van der Waals surface area (Å²) >= 11 is 6.27. The predicted molar refractivity (Wildman–Crippen MR) is 86.7 cm³/mol. The summed E-state index contributed by atoms with van der Waals surface area (Å²) in [5.74, 6) is 1.98. The van der Waals surface area contributed by atoms with Crippen LogP contribution in [0.4, 0.5) is 0 Å². The Morgan fingerprint density at radius 1 is 1.33 bits per heavy atom. The average molecular weight is 333 g/mol. The van der Waals surface area contributed by atoms with Gasteiger partial charge in [0.25, 0.3) is 0 Å². The van der Waals surface area contributed by atoms with Crippen molar-refractivity contribution in [1.29, 1.82) is 0 Å². The molecule has 0 spiro atoms. The van der Waals surface area contributed by atoms with Crippen molar-refractivity contribution in [3.8, 4) is 11.5 Å². The molecule has 1 aromatic rings. The Morgan fingerprint density at radius 2 is 2.10 bits per heavy atom. The molecule has 2 unspecified atom stereocenters. The summed E-state index contributed by atoms with van der Waals surface area (Å²) in [6.45, 7) is 6.32. The fraction of sp³-hybridized carbons (Fsp3) is 0.600. The molecule has 0 amide bonds. The molecule has 2 heterocycles. The van der Waals surface area contributed by atoms with Gasteiger partial charge in [-0.25, -0.2) is 0 Å². The first-order valence-electron chi connectivity index (χ1n) is 7.19. The number of nitrogens with two attached hydrogens (primary N) is 1. The second-order valence-corrected chi connectivity index (χ2v) is 6.17. The third-order valence-electron chi connectivity index (χ3n) is 4.12. The molecule has 118 valence electrons. The van der Waals surface area contributed by atoms with Crippen LogP contribution in [0.5, 0.6) is 11.5 Å². The van der Waals surface area contributed by atoms with Gasteiger partial charge < -0.3 is 15.2 Å². The number of likely N-dealkylation sites (tertiary alicyclic amines) is 1. The van der Waals surface area contributed by atoms with Crippen LogP contribution in [0, 0.1) is 5.92 Å².